The van der Waals surface area contributed by atoms with Crippen LogP contribution in [0.1, 0.15) is 48.5 Å². The number of ether oxygens (including phenoxy) is 2. The van der Waals surface area contributed by atoms with E-state index in [1.807, 2.05) is 54.4 Å². The number of thiocarbonyl (C=S) groups is 1. The monoisotopic (exact) mass is 712 g/mol. The van der Waals surface area contributed by atoms with Gasteiger partial charge in [0.2, 0.25) is 0 Å². The second-order valence-corrected chi connectivity index (χ2v) is 13.9. The average molecular weight is 713 g/mol. The van der Waals surface area contributed by atoms with Gasteiger partial charge in [-0.05, 0) is 104 Å². The van der Waals surface area contributed by atoms with Gasteiger partial charge in [0.25, 0.3) is 5.17 Å². The van der Waals surface area contributed by atoms with Crippen molar-refractivity contribution < 1.29 is 27.0 Å². The van der Waals surface area contributed by atoms with Crippen LogP contribution >= 0.6 is 12.2 Å². The van der Waals surface area contributed by atoms with Gasteiger partial charge in [-0.3, -0.25) is 9.11 Å². The molecule has 0 saturated carbocycles. The first-order valence-electron chi connectivity index (χ1n) is 16.6. The number of aryl methyl sites for hydroxylation is 1. The maximum atomic E-state index is 8.74. The third-order valence-electron chi connectivity index (χ3n) is 9.18. The van der Waals surface area contributed by atoms with Crippen molar-refractivity contribution >= 4 is 44.3 Å². The van der Waals surface area contributed by atoms with E-state index in [0.29, 0.717) is 23.4 Å². The Kier molecular flexibility index (Phi) is 12.7. The molecule has 2 atom stereocenters. The van der Waals surface area contributed by atoms with Gasteiger partial charge in [-0.1, -0.05) is 103 Å². The summed E-state index contributed by atoms with van der Waals surface area (Å²) < 4.78 is 44.1. The molecule has 2 bridgehead atoms. The van der Waals surface area contributed by atoms with Crippen molar-refractivity contribution in [1.82, 2.24) is 4.90 Å². The highest BCUT2D eigenvalue weighted by Gasteiger charge is 2.39. The van der Waals surface area contributed by atoms with E-state index in [0.717, 1.165) is 16.8 Å². The standard InChI is InChI=1S/C21H25NO.C19H17NOS.H2O4S/c1-22-18-12-13-19(22)15-20(14-18)23-21(16-8-4-2-5-9-16)17-10-6-3-7-11-17;1-14-6-5-9-17(12-14)20(2)19(22)21-18-11-10-15-7-3-4-8-16(15)13-18;1-5(2,3)4/h2-11,18-21H,12-15H2,1H3;3-13H,1-2H3;(H2,1,2,3,4). The molecule has 0 aliphatic carbocycles. The van der Waals surface area contributed by atoms with Crippen LogP contribution in [0.25, 0.3) is 10.8 Å². The first-order valence-corrected chi connectivity index (χ1v) is 18.4. The highest BCUT2D eigenvalue weighted by Crippen LogP contribution is 2.38. The molecule has 2 fully saturated rings. The Bertz CT molecular complexity index is 1900. The van der Waals surface area contributed by atoms with Crippen LogP contribution in [-0.4, -0.2) is 59.9 Å². The summed E-state index contributed by atoms with van der Waals surface area (Å²) in [6, 6.07) is 45.1. The summed E-state index contributed by atoms with van der Waals surface area (Å²) in [5.41, 5.74) is 4.72. The number of rotatable bonds is 6. The molecular formula is C40H44N2O6S2. The quantitative estimate of drug-likeness (QED) is 0.132. The molecular weight excluding hydrogens is 669 g/mol. The maximum absolute atomic E-state index is 8.74. The van der Waals surface area contributed by atoms with Gasteiger partial charge in [-0.15, -0.1) is 0 Å². The van der Waals surface area contributed by atoms with E-state index < -0.39 is 10.4 Å². The summed E-state index contributed by atoms with van der Waals surface area (Å²) in [5, 5.41) is 2.76. The van der Waals surface area contributed by atoms with Gasteiger partial charge >= 0.3 is 10.4 Å². The number of nitrogens with zero attached hydrogens (tertiary/aromatic N) is 2. The Labute approximate surface area is 300 Å². The topological polar surface area (TPSA) is 99.5 Å². The Hall–Kier alpha value is -4.16. The van der Waals surface area contributed by atoms with Crippen LogP contribution < -0.4 is 9.64 Å². The van der Waals surface area contributed by atoms with Gasteiger partial charge < -0.3 is 19.3 Å². The molecule has 0 spiro atoms. The molecule has 10 heteroatoms. The molecule has 2 aliphatic rings. The summed E-state index contributed by atoms with van der Waals surface area (Å²) in [5.74, 6) is 0.753. The largest absolute Gasteiger partial charge is 0.432 e. The molecule has 0 aromatic heterocycles. The Morgan fingerprint density at radius 2 is 1.32 bits per heavy atom. The molecule has 0 amide bonds. The van der Waals surface area contributed by atoms with Gasteiger partial charge in [-0.2, -0.15) is 8.42 Å². The minimum Gasteiger partial charge on any atom is -0.432 e. The van der Waals surface area contributed by atoms with E-state index in [9.17, 15) is 0 Å². The molecule has 5 aromatic rings. The molecule has 50 heavy (non-hydrogen) atoms. The van der Waals surface area contributed by atoms with Crippen LogP contribution in [0, 0.1) is 6.92 Å². The van der Waals surface area contributed by atoms with Crippen molar-refractivity contribution in [3.8, 4) is 5.75 Å². The van der Waals surface area contributed by atoms with Crippen molar-refractivity contribution in [3.05, 3.63) is 144 Å². The van der Waals surface area contributed by atoms with Gasteiger partial charge in [0, 0.05) is 24.8 Å². The number of anilines is 1. The zero-order valence-electron chi connectivity index (χ0n) is 28.5. The fourth-order valence-electron chi connectivity index (χ4n) is 6.61. The Morgan fingerprint density at radius 1 is 0.780 bits per heavy atom. The van der Waals surface area contributed by atoms with Crippen LogP contribution in [0.2, 0.25) is 0 Å². The fourth-order valence-corrected chi connectivity index (χ4v) is 6.81. The van der Waals surface area contributed by atoms with Crippen LogP contribution in [0.15, 0.2) is 127 Å². The van der Waals surface area contributed by atoms with Crippen molar-refractivity contribution in [2.45, 2.75) is 56.9 Å². The molecule has 2 aliphatic heterocycles. The van der Waals surface area contributed by atoms with Crippen molar-refractivity contribution in [2.75, 3.05) is 19.0 Å². The molecule has 0 radical (unpaired) electrons. The van der Waals surface area contributed by atoms with Crippen molar-refractivity contribution in [3.63, 3.8) is 0 Å². The second-order valence-electron chi connectivity index (χ2n) is 12.7. The van der Waals surface area contributed by atoms with Gasteiger partial charge in [0.05, 0.1) is 6.10 Å². The molecule has 5 aromatic carbocycles. The summed E-state index contributed by atoms with van der Waals surface area (Å²) in [6.07, 6.45) is 5.43. The molecule has 262 valence electrons. The van der Waals surface area contributed by atoms with Crippen LogP contribution in [0.5, 0.6) is 5.75 Å². The number of piperidine rings is 1. The lowest BCUT2D eigenvalue weighted by Gasteiger charge is -2.38. The fraction of sp³-hybridized carbons (Fsp3) is 0.275. The van der Waals surface area contributed by atoms with Crippen molar-refractivity contribution in [1.29, 1.82) is 0 Å². The summed E-state index contributed by atoms with van der Waals surface area (Å²) >= 11 is 5.41. The third-order valence-corrected chi connectivity index (χ3v) is 9.53. The van der Waals surface area contributed by atoms with E-state index in [1.165, 1.54) is 47.8 Å². The lowest BCUT2D eigenvalue weighted by atomic mass is 9.97. The second kappa shape index (κ2) is 17.2. The average Bonchev–Trinajstić information content (AvgIpc) is 3.30. The number of fused-ring (bicyclic) bond motifs is 3. The minimum atomic E-state index is -4.67. The maximum Gasteiger partial charge on any atom is 0.394 e. The molecule has 8 nitrogen and oxygen atoms in total. The van der Waals surface area contributed by atoms with Crippen LogP contribution in [0.4, 0.5) is 5.69 Å². The van der Waals surface area contributed by atoms with E-state index in [-0.39, 0.29) is 6.10 Å². The molecule has 2 saturated heterocycles. The summed E-state index contributed by atoms with van der Waals surface area (Å²) in [7, 11) is -0.470. The highest BCUT2D eigenvalue weighted by molar-refractivity contribution is 7.80. The van der Waals surface area contributed by atoms with Gasteiger partial charge in [0.15, 0.2) is 0 Å². The predicted octanol–water partition coefficient (Wildman–Crippen LogP) is 8.71. The van der Waals surface area contributed by atoms with E-state index in [1.54, 1.807) is 0 Å². The lowest BCUT2D eigenvalue weighted by Crippen LogP contribution is -2.43. The van der Waals surface area contributed by atoms with Crippen LogP contribution in [-0.2, 0) is 15.1 Å². The molecule has 2 heterocycles. The van der Waals surface area contributed by atoms with Crippen LogP contribution in [0.3, 0.4) is 0 Å². The molecule has 7 rings (SSSR count). The molecule has 2 unspecified atom stereocenters. The summed E-state index contributed by atoms with van der Waals surface area (Å²) in [4.78, 5) is 4.44. The summed E-state index contributed by atoms with van der Waals surface area (Å²) in [6.45, 7) is 2.06. The zero-order chi connectivity index (χ0) is 35.7. The van der Waals surface area contributed by atoms with Gasteiger partial charge in [-0.25, -0.2) is 0 Å². The Morgan fingerprint density at radius 3 is 1.88 bits per heavy atom. The van der Waals surface area contributed by atoms with Crippen molar-refractivity contribution in [2.24, 2.45) is 0 Å². The van der Waals surface area contributed by atoms with Gasteiger partial charge in [0.1, 0.15) is 11.9 Å². The number of benzene rings is 5. The normalized spacial score (nSPS) is 18.4. The number of hydrogen-bond donors (Lipinski definition) is 2. The molecule has 2 N–H and O–H groups in total. The van der Waals surface area contributed by atoms with E-state index in [2.05, 4.69) is 104 Å². The SMILES string of the molecule is CN1C2CCC1CC(OC(c1ccccc1)c1ccccc1)C2.Cc1cccc(N(C)C(=S)Oc2ccc3ccccc3c2)c1.O=S(=O)(O)O. The third kappa shape index (κ3) is 10.7. The lowest BCUT2D eigenvalue weighted by molar-refractivity contribution is -0.0426. The number of hydrogen-bond acceptors (Lipinski definition) is 6. The Balaban J connectivity index is 0.000000172. The predicted molar refractivity (Wildman–Crippen MR) is 204 cm³/mol. The first-order chi connectivity index (χ1) is 23.9. The minimum absolute atomic E-state index is 0.0465. The van der Waals surface area contributed by atoms with E-state index >= 15 is 0 Å². The highest BCUT2D eigenvalue weighted by atomic mass is 32.3. The smallest absolute Gasteiger partial charge is 0.394 e. The first kappa shape index (κ1) is 37.1. The zero-order valence-corrected chi connectivity index (χ0v) is 30.1. The van der Waals surface area contributed by atoms with E-state index in [4.69, 9.17) is 39.2 Å².